The zero-order valence-corrected chi connectivity index (χ0v) is 9.51. The summed E-state index contributed by atoms with van der Waals surface area (Å²) in [5.41, 5.74) is 0.573. The van der Waals surface area contributed by atoms with Crippen LogP contribution < -0.4 is 5.32 Å². The van der Waals surface area contributed by atoms with Crippen LogP contribution >= 0.6 is 0 Å². The van der Waals surface area contributed by atoms with E-state index in [0.717, 1.165) is 12.5 Å². The molecule has 0 aromatic rings. The predicted molar refractivity (Wildman–Crippen MR) is 58.3 cm³/mol. The van der Waals surface area contributed by atoms with Gasteiger partial charge in [0.05, 0.1) is 6.10 Å². The maximum Gasteiger partial charge on any atom is 0.0582 e. The Morgan fingerprint density at radius 1 is 1.43 bits per heavy atom. The summed E-state index contributed by atoms with van der Waals surface area (Å²) in [5.74, 6) is 0.818. The van der Waals surface area contributed by atoms with Crippen molar-refractivity contribution in [3.8, 4) is 0 Å². The van der Waals surface area contributed by atoms with E-state index in [1.54, 1.807) is 0 Å². The Hall–Kier alpha value is -0.0800. The van der Waals surface area contributed by atoms with E-state index in [4.69, 9.17) is 4.74 Å². The molecule has 2 fully saturated rings. The van der Waals surface area contributed by atoms with Crippen molar-refractivity contribution in [3.63, 3.8) is 0 Å². The lowest BCUT2D eigenvalue weighted by Crippen LogP contribution is -2.55. The smallest absolute Gasteiger partial charge is 0.0582 e. The van der Waals surface area contributed by atoms with Crippen molar-refractivity contribution in [1.29, 1.82) is 0 Å². The molecule has 0 saturated carbocycles. The number of hydrogen-bond donors (Lipinski definition) is 1. The number of rotatable bonds is 4. The van der Waals surface area contributed by atoms with Crippen molar-refractivity contribution in [1.82, 2.24) is 5.32 Å². The minimum Gasteiger partial charge on any atom is -0.378 e. The van der Waals surface area contributed by atoms with Gasteiger partial charge in [-0.05, 0) is 37.0 Å². The highest BCUT2D eigenvalue weighted by atomic mass is 16.5. The zero-order valence-electron chi connectivity index (χ0n) is 9.51. The van der Waals surface area contributed by atoms with Gasteiger partial charge in [0, 0.05) is 19.7 Å². The highest BCUT2D eigenvalue weighted by Gasteiger charge is 2.40. The van der Waals surface area contributed by atoms with Crippen LogP contribution in [-0.4, -0.2) is 25.8 Å². The highest BCUT2D eigenvalue weighted by molar-refractivity contribution is 4.95. The average Bonchev–Trinajstić information content (AvgIpc) is 2.51. The highest BCUT2D eigenvalue weighted by Crippen LogP contribution is 2.38. The van der Waals surface area contributed by atoms with Gasteiger partial charge < -0.3 is 10.1 Å². The van der Waals surface area contributed by atoms with Crippen molar-refractivity contribution in [3.05, 3.63) is 0 Å². The van der Waals surface area contributed by atoms with Gasteiger partial charge in [0.2, 0.25) is 0 Å². The van der Waals surface area contributed by atoms with E-state index in [2.05, 4.69) is 19.2 Å². The molecule has 0 amide bonds. The minimum atomic E-state index is 0.566. The molecule has 1 unspecified atom stereocenters. The van der Waals surface area contributed by atoms with E-state index in [9.17, 15) is 0 Å². The summed E-state index contributed by atoms with van der Waals surface area (Å²) in [4.78, 5) is 0. The Labute approximate surface area is 87.4 Å². The molecule has 2 aliphatic rings. The van der Waals surface area contributed by atoms with E-state index < -0.39 is 0 Å². The molecule has 0 radical (unpaired) electrons. The lowest BCUT2D eigenvalue weighted by atomic mass is 9.71. The van der Waals surface area contributed by atoms with E-state index in [1.807, 2.05) is 0 Å². The minimum absolute atomic E-state index is 0.566. The Balaban J connectivity index is 1.84. The van der Waals surface area contributed by atoms with Crippen molar-refractivity contribution in [2.75, 3.05) is 19.7 Å². The fraction of sp³-hybridized carbons (Fsp3) is 1.00. The van der Waals surface area contributed by atoms with Crippen LogP contribution in [0, 0.1) is 11.3 Å². The lowest BCUT2D eigenvalue weighted by Gasteiger charge is -2.45. The van der Waals surface area contributed by atoms with Gasteiger partial charge in [-0.3, -0.25) is 0 Å². The SMILES string of the molecule is CC(C)CC1(CC2CCCO2)CNC1. The van der Waals surface area contributed by atoms with Gasteiger partial charge in [0.15, 0.2) is 0 Å². The van der Waals surface area contributed by atoms with E-state index >= 15 is 0 Å². The van der Waals surface area contributed by atoms with Crippen LogP contribution in [0.4, 0.5) is 0 Å². The predicted octanol–water partition coefficient (Wildman–Crippen LogP) is 2.19. The van der Waals surface area contributed by atoms with Crippen LogP contribution in [0.25, 0.3) is 0 Å². The fourth-order valence-corrected chi connectivity index (χ4v) is 3.00. The molecule has 0 aromatic heterocycles. The van der Waals surface area contributed by atoms with Crippen molar-refractivity contribution >= 4 is 0 Å². The molecule has 2 saturated heterocycles. The third kappa shape index (κ3) is 2.29. The molecule has 82 valence electrons. The molecule has 2 aliphatic heterocycles. The van der Waals surface area contributed by atoms with E-state index in [0.29, 0.717) is 11.5 Å². The zero-order chi connectivity index (χ0) is 10.0. The molecule has 1 atom stereocenters. The van der Waals surface area contributed by atoms with Crippen LogP contribution in [0.2, 0.25) is 0 Å². The van der Waals surface area contributed by atoms with Crippen LogP contribution in [-0.2, 0) is 4.74 Å². The number of hydrogen-bond acceptors (Lipinski definition) is 2. The normalized spacial score (nSPS) is 30.6. The summed E-state index contributed by atoms with van der Waals surface area (Å²) in [6, 6.07) is 0. The second-order valence-corrected chi connectivity index (χ2v) is 5.54. The fourth-order valence-electron chi connectivity index (χ4n) is 3.00. The maximum absolute atomic E-state index is 5.74. The molecular formula is C12H23NO. The Kier molecular flexibility index (Phi) is 3.13. The van der Waals surface area contributed by atoms with Crippen molar-refractivity contribution in [2.45, 2.75) is 45.6 Å². The standard InChI is InChI=1S/C12H23NO/c1-10(2)6-12(8-13-9-12)7-11-4-3-5-14-11/h10-11,13H,3-9H2,1-2H3. The molecule has 2 rings (SSSR count). The second-order valence-electron chi connectivity index (χ2n) is 5.54. The molecule has 0 aliphatic carbocycles. The van der Waals surface area contributed by atoms with Crippen molar-refractivity contribution < 1.29 is 4.74 Å². The van der Waals surface area contributed by atoms with Crippen LogP contribution in [0.15, 0.2) is 0 Å². The molecule has 0 aromatic carbocycles. The lowest BCUT2D eigenvalue weighted by molar-refractivity contribution is 0.0241. The first-order valence-corrected chi connectivity index (χ1v) is 6.03. The first-order valence-electron chi connectivity index (χ1n) is 6.03. The summed E-state index contributed by atoms with van der Waals surface area (Å²) >= 11 is 0. The van der Waals surface area contributed by atoms with E-state index in [1.165, 1.54) is 38.8 Å². The average molecular weight is 197 g/mol. The van der Waals surface area contributed by atoms with Gasteiger partial charge in [-0.25, -0.2) is 0 Å². The molecule has 2 heteroatoms. The molecule has 14 heavy (non-hydrogen) atoms. The van der Waals surface area contributed by atoms with Gasteiger partial charge in [0.1, 0.15) is 0 Å². The summed E-state index contributed by atoms with van der Waals surface area (Å²) in [7, 11) is 0. The summed E-state index contributed by atoms with van der Waals surface area (Å²) < 4.78 is 5.74. The quantitative estimate of drug-likeness (QED) is 0.746. The molecule has 2 nitrogen and oxygen atoms in total. The first-order chi connectivity index (χ1) is 6.70. The van der Waals surface area contributed by atoms with Gasteiger partial charge in [0.25, 0.3) is 0 Å². The van der Waals surface area contributed by atoms with Crippen LogP contribution in [0.3, 0.4) is 0 Å². The monoisotopic (exact) mass is 197 g/mol. The van der Waals surface area contributed by atoms with Gasteiger partial charge in [-0.2, -0.15) is 0 Å². The largest absolute Gasteiger partial charge is 0.378 e. The molecule has 0 bridgehead atoms. The van der Waals surface area contributed by atoms with E-state index in [-0.39, 0.29) is 0 Å². The van der Waals surface area contributed by atoms with Gasteiger partial charge >= 0.3 is 0 Å². The molecule has 1 N–H and O–H groups in total. The molecule has 2 heterocycles. The Morgan fingerprint density at radius 2 is 2.21 bits per heavy atom. The third-order valence-corrected chi connectivity index (χ3v) is 3.53. The summed E-state index contributed by atoms with van der Waals surface area (Å²) in [5, 5.41) is 3.43. The van der Waals surface area contributed by atoms with Crippen LogP contribution in [0.5, 0.6) is 0 Å². The second kappa shape index (κ2) is 4.19. The Bertz CT molecular complexity index is 181. The van der Waals surface area contributed by atoms with Crippen LogP contribution in [0.1, 0.15) is 39.5 Å². The third-order valence-electron chi connectivity index (χ3n) is 3.53. The number of nitrogens with one attached hydrogen (secondary N) is 1. The summed E-state index contributed by atoms with van der Waals surface area (Å²) in [6.45, 7) is 8.08. The summed E-state index contributed by atoms with van der Waals surface area (Å²) in [6.07, 6.45) is 5.78. The van der Waals surface area contributed by atoms with Gasteiger partial charge in [-0.15, -0.1) is 0 Å². The van der Waals surface area contributed by atoms with Gasteiger partial charge in [-0.1, -0.05) is 13.8 Å². The first kappa shape index (κ1) is 10.4. The molecule has 0 spiro atoms. The topological polar surface area (TPSA) is 21.3 Å². The maximum atomic E-state index is 5.74. The molecular weight excluding hydrogens is 174 g/mol. The number of ether oxygens (including phenoxy) is 1. The Morgan fingerprint density at radius 3 is 2.64 bits per heavy atom. The van der Waals surface area contributed by atoms with Crippen molar-refractivity contribution in [2.24, 2.45) is 11.3 Å².